The Morgan fingerprint density at radius 3 is 2.48 bits per heavy atom. The zero-order valence-corrected chi connectivity index (χ0v) is 17.9. The summed E-state index contributed by atoms with van der Waals surface area (Å²) in [5.41, 5.74) is 5.83. The van der Waals surface area contributed by atoms with Gasteiger partial charge in [0.1, 0.15) is 0 Å². The van der Waals surface area contributed by atoms with E-state index in [-0.39, 0.29) is 6.04 Å². The molecule has 29 heavy (non-hydrogen) atoms. The molecule has 2 atom stereocenters. The van der Waals surface area contributed by atoms with E-state index in [2.05, 4.69) is 49.9 Å². The first-order valence-corrected chi connectivity index (χ1v) is 10.6. The van der Waals surface area contributed by atoms with Crippen LogP contribution in [0.25, 0.3) is 5.57 Å². The van der Waals surface area contributed by atoms with E-state index in [1.165, 1.54) is 23.3 Å². The van der Waals surface area contributed by atoms with E-state index in [4.69, 9.17) is 0 Å². The Kier molecular flexibility index (Phi) is 6.89. The molecule has 1 nitrogen and oxygen atoms in total. The largest absolute Gasteiger partial charge is 0.369 e. The van der Waals surface area contributed by atoms with Gasteiger partial charge in [0, 0.05) is 7.05 Å². The summed E-state index contributed by atoms with van der Waals surface area (Å²) < 4.78 is 27.4. The third-order valence-corrected chi connectivity index (χ3v) is 5.88. The van der Waals surface area contributed by atoms with E-state index in [1.54, 1.807) is 6.07 Å². The minimum atomic E-state index is -0.812. The summed E-state index contributed by atoms with van der Waals surface area (Å²) in [5, 5.41) is 0. The summed E-state index contributed by atoms with van der Waals surface area (Å²) in [6, 6.07) is 10.8. The second kappa shape index (κ2) is 9.39. The predicted molar refractivity (Wildman–Crippen MR) is 118 cm³/mol. The van der Waals surface area contributed by atoms with Gasteiger partial charge in [-0.1, -0.05) is 64.0 Å². The van der Waals surface area contributed by atoms with E-state index in [0.29, 0.717) is 5.92 Å². The number of likely N-dealkylation sites (N-methyl/N-ethyl adjacent to an activating group) is 1. The molecule has 0 spiro atoms. The minimum Gasteiger partial charge on any atom is -0.369 e. The smallest absolute Gasteiger partial charge is 0.159 e. The van der Waals surface area contributed by atoms with Gasteiger partial charge in [-0.05, 0) is 71.0 Å². The first-order chi connectivity index (χ1) is 13.9. The molecule has 1 heterocycles. The Labute approximate surface area is 173 Å². The lowest BCUT2D eigenvalue weighted by Gasteiger charge is -2.33. The highest BCUT2D eigenvalue weighted by Gasteiger charge is 2.24. The molecule has 3 rings (SSSR count). The van der Waals surface area contributed by atoms with Crippen LogP contribution in [0.1, 0.15) is 61.9 Å². The van der Waals surface area contributed by atoms with E-state index < -0.39 is 11.6 Å². The van der Waals surface area contributed by atoms with Crippen LogP contribution >= 0.6 is 0 Å². The monoisotopic (exact) mass is 395 g/mol. The van der Waals surface area contributed by atoms with Gasteiger partial charge in [0.25, 0.3) is 0 Å². The Bertz CT molecular complexity index is 913. The van der Waals surface area contributed by atoms with Crippen molar-refractivity contribution in [2.24, 2.45) is 5.92 Å². The average molecular weight is 396 g/mol. The second-order valence-electron chi connectivity index (χ2n) is 8.16. The van der Waals surface area contributed by atoms with Crippen molar-refractivity contribution in [3.63, 3.8) is 0 Å². The van der Waals surface area contributed by atoms with Gasteiger partial charge in [0.15, 0.2) is 11.6 Å². The van der Waals surface area contributed by atoms with Gasteiger partial charge < -0.3 is 4.90 Å². The van der Waals surface area contributed by atoms with Crippen molar-refractivity contribution in [3.05, 3.63) is 88.6 Å². The fourth-order valence-electron chi connectivity index (χ4n) is 4.06. The predicted octanol–water partition coefficient (Wildman–Crippen LogP) is 7.09. The number of hydrogen-bond donors (Lipinski definition) is 0. The zero-order valence-electron chi connectivity index (χ0n) is 17.9. The molecular formula is C26H31F2N. The van der Waals surface area contributed by atoms with Crippen molar-refractivity contribution in [2.75, 3.05) is 7.05 Å². The van der Waals surface area contributed by atoms with E-state index >= 15 is 0 Å². The van der Waals surface area contributed by atoms with E-state index in [9.17, 15) is 8.78 Å². The van der Waals surface area contributed by atoms with Crippen LogP contribution in [0.3, 0.4) is 0 Å². The van der Waals surface area contributed by atoms with Gasteiger partial charge in [0.2, 0.25) is 0 Å². The molecule has 0 N–H and O–H groups in total. The lowest BCUT2D eigenvalue weighted by atomic mass is 9.86. The molecule has 0 aromatic heterocycles. The molecule has 2 aromatic rings. The lowest BCUT2D eigenvalue weighted by Crippen LogP contribution is -2.23. The molecule has 1 aliphatic rings. The van der Waals surface area contributed by atoms with Crippen molar-refractivity contribution < 1.29 is 8.78 Å². The Morgan fingerprint density at radius 1 is 1.00 bits per heavy atom. The van der Waals surface area contributed by atoms with Crippen LogP contribution in [0.4, 0.5) is 8.78 Å². The molecule has 2 unspecified atom stereocenters. The van der Waals surface area contributed by atoms with Gasteiger partial charge in [0.05, 0.1) is 6.04 Å². The van der Waals surface area contributed by atoms with Crippen molar-refractivity contribution >= 4 is 5.57 Å². The summed E-state index contributed by atoms with van der Waals surface area (Å²) in [6.45, 7) is 6.74. The van der Waals surface area contributed by atoms with Crippen LogP contribution in [0.15, 0.2) is 54.8 Å². The summed E-state index contributed by atoms with van der Waals surface area (Å²) in [4.78, 5) is 2.05. The summed E-state index contributed by atoms with van der Waals surface area (Å²) in [5.74, 6) is -0.987. The maximum atomic E-state index is 13.9. The van der Waals surface area contributed by atoms with E-state index in [1.807, 2.05) is 19.3 Å². The van der Waals surface area contributed by atoms with Crippen LogP contribution in [0.5, 0.6) is 0 Å². The topological polar surface area (TPSA) is 3.24 Å². The number of rotatable bonds is 7. The second-order valence-corrected chi connectivity index (χ2v) is 8.16. The number of hydrogen-bond acceptors (Lipinski definition) is 1. The van der Waals surface area contributed by atoms with Gasteiger partial charge in [-0.2, -0.15) is 0 Å². The first kappa shape index (κ1) is 21.3. The Hall–Kier alpha value is -2.42. The van der Waals surface area contributed by atoms with Gasteiger partial charge in [-0.25, -0.2) is 8.78 Å². The third kappa shape index (κ3) is 4.77. The molecule has 0 radical (unpaired) electrons. The normalized spacial score (nSPS) is 17.4. The van der Waals surface area contributed by atoms with Crippen molar-refractivity contribution in [1.29, 1.82) is 0 Å². The highest BCUT2D eigenvalue weighted by Crippen LogP contribution is 2.38. The number of allylic oxidation sites excluding steroid dienone is 2. The van der Waals surface area contributed by atoms with Gasteiger partial charge >= 0.3 is 0 Å². The molecule has 0 bridgehead atoms. The number of aryl methyl sites for hydroxylation is 1. The molecule has 0 amide bonds. The third-order valence-electron chi connectivity index (χ3n) is 5.88. The molecule has 2 aromatic carbocycles. The van der Waals surface area contributed by atoms with E-state index in [0.717, 1.165) is 42.4 Å². The minimum absolute atomic E-state index is 0.149. The van der Waals surface area contributed by atoms with Crippen LogP contribution in [0.2, 0.25) is 0 Å². The van der Waals surface area contributed by atoms with Gasteiger partial charge in [-0.3, -0.25) is 0 Å². The van der Waals surface area contributed by atoms with Gasteiger partial charge in [-0.15, -0.1) is 0 Å². The molecule has 0 saturated carbocycles. The van der Waals surface area contributed by atoms with Crippen LogP contribution in [-0.2, 0) is 12.8 Å². The van der Waals surface area contributed by atoms with Crippen molar-refractivity contribution in [1.82, 2.24) is 4.90 Å². The molecule has 0 saturated heterocycles. The average Bonchev–Trinajstić information content (AvgIpc) is 2.71. The fourth-order valence-corrected chi connectivity index (χ4v) is 4.06. The molecule has 154 valence electrons. The fraction of sp³-hybridized carbons (Fsp3) is 0.385. The standard InChI is InChI=1S/C26H31F2N/c1-5-8-19-10-11-20(16-22(19)15-18(3)6-2)23-9-7-14-29(4)26(23)21-12-13-24(27)25(28)17-21/h7,9-14,16-18,26H,5-6,8,15H2,1-4H3. The summed E-state index contributed by atoms with van der Waals surface area (Å²) in [6.07, 6.45) is 10.5. The molecule has 0 aliphatic carbocycles. The Morgan fingerprint density at radius 2 is 1.79 bits per heavy atom. The zero-order chi connectivity index (χ0) is 21.0. The quantitative estimate of drug-likeness (QED) is 0.484. The number of nitrogens with zero attached hydrogens (tertiary/aromatic N) is 1. The highest BCUT2D eigenvalue weighted by atomic mass is 19.2. The summed E-state index contributed by atoms with van der Waals surface area (Å²) in [7, 11) is 1.97. The molecular weight excluding hydrogens is 364 g/mol. The Balaban J connectivity index is 2.03. The maximum absolute atomic E-state index is 13.9. The van der Waals surface area contributed by atoms with Crippen molar-refractivity contribution in [2.45, 2.75) is 52.5 Å². The van der Waals surface area contributed by atoms with Crippen molar-refractivity contribution in [3.8, 4) is 0 Å². The molecule has 1 aliphatic heterocycles. The lowest BCUT2D eigenvalue weighted by molar-refractivity contribution is 0.397. The number of benzene rings is 2. The first-order valence-electron chi connectivity index (χ1n) is 10.6. The SMILES string of the molecule is CCCc1ccc(C2=CC=CN(C)C2c2ccc(F)c(F)c2)cc1CC(C)CC. The van der Waals surface area contributed by atoms with Crippen LogP contribution < -0.4 is 0 Å². The molecule has 0 fully saturated rings. The van der Waals surface area contributed by atoms with Crippen LogP contribution in [-0.4, -0.2) is 11.9 Å². The number of halogens is 2. The summed E-state index contributed by atoms with van der Waals surface area (Å²) >= 11 is 0. The highest BCUT2D eigenvalue weighted by molar-refractivity contribution is 5.74. The molecule has 3 heteroatoms. The maximum Gasteiger partial charge on any atom is 0.159 e. The van der Waals surface area contributed by atoms with Crippen LogP contribution in [0, 0.1) is 17.6 Å².